The van der Waals surface area contributed by atoms with Gasteiger partial charge in [0.05, 0.1) is 11.4 Å². The van der Waals surface area contributed by atoms with Crippen LogP contribution >= 0.6 is 0 Å². The van der Waals surface area contributed by atoms with Crippen LogP contribution in [0.1, 0.15) is 0 Å². The number of hydrazine groups is 1. The summed E-state index contributed by atoms with van der Waals surface area (Å²) in [5, 5.41) is 8.37. The first-order chi connectivity index (χ1) is 11.4. The van der Waals surface area contributed by atoms with Crippen molar-refractivity contribution in [3.8, 4) is 5.69 Å². The Morgan fingerprint density at radius 2 is 1.52 bits per heavy atom. The van der Waals surface area contributed by atoms with Crippen molar-refractivity contribution in [3.63, 3.8) is 0 Å². The van der Waals surface area contributed by atoms with Crippen LogP contribution in [0, 0.1) is 0 Å². The third-order valence-electron chi connectivity index (χ3n) is 3.34. The summed E-state index contributed by atoms with van der Waals surface area (Å²) in [6, 6.07) is 19.5. The highest BCUT2D eigenvalue weighted by atomic mass is 15.5. The summed E-state index contributed by atoms with van der Waals surface area (Å²) in [7, 11) is 0. The van der Waals surface area contributed by atoms with Gasteiger partial charge in [0.1, 0.15) is 6.33 Å². The van der Waals surface area contributed by atoms with Gasteiger partial charge in [-0.2, -0.15) is 4.68 Å². The molecule has 4 rings (SSSR count). The van der Waals surface area contributed by atoms with Gasteiger partial charge in [0.15, 0.2) is 17.0 Å². The lowest BCUT2D eigenvalue weighted by Gasteiger charge is -2.08. The molecule has 23 heavy (non-hydrogen) atoms. The molecule has 0 fully saturated rings. The lowest BCUT2D eigenvalue weighted by molar-refractivity contribution is 0.817. The van der Waals surface area contributed by atoms with Crippen molar-refractivity contribution in [2.45, 2.75) is 0 Å². The Labute approximate surface area is 132 Å². The molecule has 0 spiro atoms. The van der Waals surface area contributed by atoms with Gasteiger partial charge in [0.2, 0.25) is 0 Å². The second-order valence-corrected chi connectivity index (χ2v) is 4.85. The summed E-state index contributed by atoms with van der Waals surface area (Å²) < 4.78 is 1.69. The SMILES string of the molecule is c1ccc(NNc2ncnc3c2nnn3-c2ccccc2)cc1. The van der Waals surface area contributed by atoms with Gasteiger partial charge < -0.3 is 0 Å². The summed E-state index contributed by atoms with van der Waals surface area (Å²) in [6.07, 6.45) is 1.49. The summed E-state index contributed by atoms with van der Waals surface area (Å²) in [4.78, 5) is 8.52. The largest absolute Gasteiger partial charge is 0.300 e. The molecule has 7 nitrogen and oxygen atoms in total. The second kappa shape index (κ2) is 5.72. The Balaban J connectivity index is 1.68. The summed E-state index contributed by atoms with van der Waals surface area (Å²) in [5.41, 5.74) is 9.20. The third-order valence-corrected chi connectivity index (χ3v) is 3.34. The van der Waals surface area contributed by atoms with Crippen LogP contribution in [0.25, 0.3) is 16.9 Å². The number of para-hydroxylation sites is 2. The highest BCUT2D eigenvalue weighted by molar-refractivity contribution is 5.83. The van der Waals surface area contributed by atoms with Crippen LogP contribution in [0.3, 0.4) is 0 Å². The fourth-order valence-electron chi connectivity index (χ4n) is 2.24. The zero-order valence-electron chi connectivity index (χ0n) is 12.1. The Bertz CT molecular complexity index is 919. The molecular formula is C16H13N7. The molecule has 0 aliphatic heterocycles. The standard InChI is InChI=1S/C16H13N7/c1-3-7-12(8-4-1)19-21-15-14-16(18-11-17-15)23(22-20-14)13-9-5-2-6-10-13/h1-11,19H,(H,17,18,21). The molecule has 112 valence electrons. The van der Waals surface area contributed by atoms with E-state index in [1.165, 1.54) is 6.33 Å². The Hall–Kier alpha value is -3.48. The number of benzene rings is 2. The number of nitrogens with zero attached hydrogens (tertiary/aromatic N) is 5. The number of fused-ring (bicyclic) bond motifs is 1. The fourth-order valence-corrected chi connectivity index (χ4v) is 2.24. The number of hydrogen-bond donors (Lipinski definition) is 2. The van der Waals surface area contributed by atoms with Gasteiger partial charge in [-0.3, -0.25) is 10.9 Å². The van der Waals surface area contributed by atoms with E-state index in [1.54, 1.807) is 4.68 Å². The van der Waals surface area contributed by atoms with Crippen molar-refractivity contribution in [2.24, 2.45) is 0 Å². The zero-order valence-corrected chi connectivity index (χ0v) is 12.1. The topological polar surface area (TPSA) is 80.6 Å². The number of anilines is 2. The van der Waals surface area contributed by atoms with E-state index >= 15 is 0 Å². The Kier molecular flexibility index (Phi) is 3.28. The van der Waals surface area contributed by atoms with E-state index in [0.29, 0.717) is 17.0 Å². The smallest absolute Gasteiger partial charge is 0.189 e. The normalized spacial score (nSPS) is 10.6. The predicted octanol–water partition coefficient (Wildman–Crippen LogP) is 2.65. The molecule has 4 aromatic rings. The van der Waals surface area contributed by atoms with Crippen LogP contribution in [0.5, 0.6) is 0 Å². The van der Waals surface area contributed by atoms with Gasteiger partial charge in [-0.25, -0.2) is 9.97 Å². The Morgan fingerprint density at radius 1 is 0.783 bits per heavy atom. The first kappa shape index (κ1) is 13.2. The highest BCUT2D eigenvalue weighted by Gasteiger charge is 2.12. The molecule has 0 atom stereocenters. The number of hydrogen-bond acceptors (Lipinski definition) is 6. The molecule has 0 unspecified atom stereocenters. The van der Waals surface area contributed by atoms with Crippen LogP contribution < -0.4 is 10.9 Å². The molecule has 0 saturated heterocycles. The summed E-state index contributed by atoms with van der Waals surface area (Å²) in [5.74, 6) is 0.570. The van der Waals surface area contributed by atoms with Gasteiger partial charge in [0, 0.05) is 0 Å². The van der Waals surface area contributed by atoms with Crippen LogP contribution in [0.2, 0.25) is 0 Å². The first-order valence-electron chi connectivity index (χ1n) is 7.11. The number of aromatic nitrogens is 5. The van der Waals surface area contributed by atoms with Gasteiger partial charge in [-0.1, -0.05) is 41.6 Å². The molecular weight excluding hydrogens is 290 g/mol. The molecule has 2 aromatic heterocycles. The molecule has 0 aliphatic carbocycles. The first-order valence-corrected chi connectivity index (χ1v) is 7.11. The van der Waals surface area contributed by atoms with Crippen LogP contribution in [-0.2, 0) is 0 Å². The van der Waals surface area contributed by atoms with Crippen LogP contribution in [0.4, 0.5) is 11.5 Å². The van der Waals surface area contributed by atoms with Crippen molar-refractivity contribution >= 4 is 22.7 Å². The summed E-state index contributed by atoms with van der Waals surface area (Å²) in [6.45, 7) is 0. The lowest BCUT2D eigenvalue weighted by Crippen LogP contribution is -2.10. The number of rotatable bonds is 4. The van der Waals surface area contributed by atoms with Crippen molar-refractivity contribution in [3.05, 3.63) is 67.0 Å². The molecule has 2 aromatic carbocycles. The van der Waals surface area contributed by atoms with E-state index in [-0.39, 0.29) is 0 Å². The lowest BCUT2D eigenvalue weighted by atomic mass is 10.3. The monoisotopic (exact) mass is 303 g/mol. The van der Waals surface area contributed by atoms with Crippen molar-refractivity contribution in [1.29, 1.82) is 0 Å². The average molecular weight is 303 g/mol. The minimum atomic E-state index is 0.570. The van der Waals surface area contributed by atoms with Gasteiger partial charge >= 0.3 is 0 Å². The minimum absolute atomic E-state index is 0.570. The minimum Gasteiger partial charge on any atom is -0.300 e. The maximum Gasteiger partial charge on any atom is 0.189 e. The molecule has 0 bridgehead atoms. The second-order valence-electron chi connectivity index (χ2n) is 4.85. The van der Waals surface area contributed by atoms with E-state index in [9.17, 15) is 0 Å². The van der Waals surface area contributed by atoms with Crippen LogP contribution in [-0.4, -0.2) is 25.0 Å². The van der Waals surface area contributed by atoms with E-state index < -0.39 is 0 Å². The molecule has 0 amide bonds. The van der Waals surface area contributed by atoms with Gasteiger partial charge in [0.25, 0.3) is 0 Å². The Morgan fingerprint density at radius 3 is 2.30 bits per heavy atom. The van der Waals surface area contributed by atoms with E-state index in [0.717, 1.165) is 11.4 Å². The van der Waals surface area contributed by atoms with Crippen LogP contribution in [0.15, 0.2) is 67.0 Å². The fraction of sp³-hybridized carbons (Fsp3) is 0. The van der Waals surface area contributed by atoms with E-state index in [2.05, 4.69) is 31.1 Å². The third kappa shape index (κ3) is 2.55. The summed E-state index contributed by atoms with van der Waals surface area (Å²) >= 11 is 0. The maximum absolute atomic E-state index is 4.29. The average Bonchev–Trinajstić information content (AvgIpc) is 3.06. The van der Waals surface area contributed by atoms with Crippen molar-refractivity contribution in [2.75, 3.05) is 10.9 Å². The quantitative estimate of drug-likeness (QED) is 0.564. The molecule has 0 saturated carbocycles. The maximum atomic E-state index is 4.29. The van der Waals surface area contributed by atoms with Crippen molar-refractivity contribution in [1.82, 2.24) is 25.0 Å². The predicted molar refractivity (Wildman–Crippen MR) is 88.1 cm³/mol. The van der Waals surface area contributed by atoms with Crippen molar-refractivity contribution < 1.29 is 0 Å². The molecule has 0 aliphatic rings. The van der Waals surface area contributed by atoms with Gasteiger partial charge in [-0.05, 0) is 24.3 Å². The van der Waals surface area contributed by atoms with E-state index in [4.69, 9.17) is 0 Å². The van der Waals surface area contributed by atoms with E-state index in [1.807, 2.05) is 60.7 Å². The van der Waals surface area contributed by atoms with Gasteiger partial charge in [-0.15, -0.1) is 5.10 Å². The number of nitrogens with one attached hydrogen (secondary N) is 2. The molecule has 7 heteroatoms. The zero-order chi connectivity index (χ0) is 15.5. The molecule has 0 radical (unpaired) electrons. The molecule has 2 N–H and O–H groups in total. The highest BCUT2D eigenvalue weighted by Crippen LogP contribution is 2.19. The molecule has 2 heterocycles.